The van der Waals surface area contributed by atoms with Gasteiger partial charge in [0.1, 0.15) is 11.1 Å². The van der Waals surface area contributed by atoms with E-state index in [2.05, 4.69) is 11.4 Å². The molecule has 4 aromatic rings. The van der Waals surface area contributed by atoms with Crippen LogP contribution in [0, 0.1) is 18.3 Å². The molecule has 0 bridgehead atoms. The number of hydrogen-bond acceptors (Lipinski definition) is 4. The fourth-order valence-electron chi connectivity index (χ4n) is 3.40. The second-order valence-electron chi connectivity index (χ2n) is 7.66. The first-order valence-electron chi connectivity index (χ1n) is 10.5. The topological polar surface area (TPSA) is 65.8 Å². The van der Waals surface area contributed by atoms with E-state index in [0.717, 1.165) is 16.7 Å². The summed E-state index contributed by atoms with van der Waals surface area (Å²) in [5.74, 6) is -0.222. The van der Waals surface area contributed by atoms with Gasteiger partial charge in [-0.15, -0.1) is 0 Å². The third-order valence-corrected chi connectivity index (χ3v) is 7.20. The number of rotatable bonds is 6. The van der Waals surface area contributed by atoms with Crippen LogP contribution >= 0.6 is 46.6 Å². The Hall–Kier alpha value is -3.01. The predicted molar refractivity (Wildman–Crippen MR) is 145 cm³/mol. The summed E-state index contributed by atoms with van der Waals surface area (Å²) in [6, 6.07) is 24.3. The molecule has 3 aromatic carbocycles. The second-order valence-corrected chi connectivity index (χ2v) is 9.84. The Bertz CT molecular complexity index is 1450. The van der Waals surface area contributed by atoms with Gasteiger partial charge in [-0.3, -0.25) is 4.79 Å². The number of hydrogen-bond donors (Lipinski definition) is 1. The van der Waals surface area contributed by atoms with E-state index in [0.29, 0.717) is 42.6 Å². The summed E-state index contributed by atoms with van der Waals surface area (Å²) in [4.78, 5) is 17.4. The smallest absolute Gasteiger partial charge is 0.234 e. The summed E-state index contributed by atoms with van der Waals surface area (Å²) < 4.78 is 0. The Kier molecular flexibility index (Phi) is 8.00. The number of anilines is 1. The molecule has 0 saturated heterocycles. The van der Waals surface area contributed by atoms with Gasteiger partial charge in [-0.1, -0.05) is 94.6 Å². The van der Waals surface area contributed by atoms with Crippen LogP contribution in [0.25, 0.3) is 22.4 Å². The van der Waals surface area contributed by atoms with Gasteiger partial charge in [-0.05, 0) is 37.3 Å². The zero-order chi connectivity index (χ0) is 24.9. The van der Waals surface area contributed by atoms with Crippen LogP contribution in [0.5, 0.6) is 0 Å². The van der Waals surface area contributed by atoms with Gasteiger partial charge in [0.25, 0.3) is 0 Å². The summed E-state index contributed by atoms with van der Waals surface area (Å²) in [7, 11) is 0. The van der Waals surface area contributed by atoms with Crippen molar-refractivity contribution >= 4 is 58.2 Å². The lowest BCUT2D eigenvalue weighted by molar-refractivity contribution is -0.113. The molecule has 4 rings (SSSR count). The van der Waals surface area contributed by atoms with E-state index in [-0.39, 0.29) is 11.7 Å². The number of pyridine rings is 1. The third kappa shape index (κ3) is 5.98. The molecule has 174 valence electrons. The number of benzene rings is 3. The molecular formula is C27H18Cl3N3OS. The normalized spacial score (nSPS) is 10.6. The molecule has 0 atom stereocenters. The summed E-state index contributed by atoms with van der Waals surface area (Å²) in [6.07, 6.45) is 0. The van der Waals surface area contributed by atoms with Crippen molar-refractivity contribution < 1.29 is 4.79 Å². The van der Waals surface area contributed by atoms with Gasteiger partial charge in [-0.2, -0.15) is 5.26 Å². The molecule has 1 amide bonds. The number of carbonyl (C=O) groups is 1. The Morgan fingerprint density at radius 1 is 0.943 bits per heavy atom. The Morgan fingerprint density at radius 3 is 2.37 bits per heavy atom. The minimum Gasteiger partial charge on any atom is -0.325 e. The molecule has 1 N–H and O–H groups in total. The SMILES string of the molecule is Cc1ccc(-c2cc(-c3ccccc3Cl)c(C#N)c(SCC(=O)Nc3ccc(Cl)c(Cl)c3)n2)cc1. The number of nitrogens with one attached hydrogen (secondary N) is 1. The van der Waals surface area contributed by atoms with E-state index >= 15 is 0 Å². The van der Waals surface area contributed by atoms with Crippen LogP contribution < -0.4 is 5.32 Å². The minimum atomic E-state index is -0.265. The van der Waals surface area contributed by atoms with Crippen LogP contribution in [0.3, 0.4) is 0 Å². The predicted octanol–water partition coefficient (Wildman–Crippen LogP) is 8.29. The van der Waals surface area contributed by atoms with Crippen molar-refractivity contribution in [2.75, 3.05) is 11.1 Å². The highest BCUT2D eigenvalue weighted by atomic mass is 35.5. The van der Waals surface area contributed by atoms with Crippen LogP contribution in [-0.2, 0) is 4.79 Å². The van der Waals surface area contributed by atoms with Gasteiger partial charge >= 0.3 is 0 Å². The molecule has 0 radical (unpaired) electrons. The van der Waals surface area contributed by atoms with Crippen molar-refractivity contribution in [2.45, 2.75) is 11.9 Å². The van der Waals surface area contributed by atoms with Crippen molar-refractivity contribution in [1.82, 2.24) is 4.98 Å². The molecule has 0 unspecified atom stereocenters. The van der Waals surface area contributed by atoms with Crippen molar-refractivity contribution in [3.8, 4) is 28.5 Å². The lowest BCUT2D eigenvalue weighted by atomic mass is 9.99. The largest absolute Gasteiger partial charge is 0.325 e. The van der Waals surface area contributed by atoms with Gasteiger partial charge in [0.2, 0.25) is 5.91 Å². The number of halogens is 3. The number of thioether (sulfide) groups is 1. The lowest BCUT2D eigenvalue weighted by Gasteiger charge is -2.14. The second kappa shape index (κ2) is 11.2. The maximum Gasteiger partial charge on any atom is 0.234 e. The zero-order valence-corrected chi connectivity index (χ0v) is 21.6. The first-order chi connectivity index (χ1) is 16.9. The van der Waals surface area contributed by atoms with E-state index in [4.69, 9.17) is 39.8 Å². The monoisotopic (exact) mass is 537 g/mol. The molecule has 35 heavy (non-hydrogen) atoms. The Labute approximate surface area is 222 Å². The first-order valence-corrected chi connectivity index (χ1v) is 12.6. The average molecular weight is 539 g/mol. The molecule has 1 aromatic heterocycles. The number of nitrogens with zero attached hydrogens (tertiary/aromatic N) is 2. The summed E-state index contributed by atoms with van der Waals surface area (Å²) >= 11 is 19.6. The molecule has 0 aliphatic heterocycles. The number of aryl methyl sites for hydroxylation is 1. The highest BCUT2D eigenvalue weighted by Crippen LogP contribution is 2.37. The Balaban J connectivity index is 1.70. The molecule has 0 fully saturated rings. The van der Waals surface area contributed by atoms with E-state index in [1.807, 2.05) is 55.5 Å². The van der Waals surface area contributed by atoms with Crippen LogP contribution in [0.4, 0.5) is 5.69 Å². The van der Waals surface area contributed by atoms with Gasteiger partial charge in [0.15, 0.2) is 0 Å². The zero-order valence-electron chi connectivity index (χ0n) is 18.5. The Morgan fingerprint density at radius 2 is 1.69 bits per heavy atom. The van der Waals surface area contributed by atoms with Gasteiger partial charge in [-0.25, -0.2) is 4.98 Å². The third-order valence-electron chi connectivity index (χ3n) is 5.15. The fourth-order valence-corrected chi connectivity index (χ4v) is 4.74. The number of nitriles is 1. The molecular weight excluding hydrogens is 521 g/mol. The lowest BCUT2D eigenvalue weighted by Crippen LogP contribution is -2.14. The van der Waals surface area contributed by atoms with Gasteiger partial charge in [0.05, 0.1) is 27.1 Å². The van der Waals surface area contributed by atoms with Crippen LogP contribution in [0.2, 0.25) is 15.1 Å². The molecule has 0 spiro atoms. The quantitative estimate of drug-likeness (QED) is 0.251. The summed E-state index contributed by atoms with van der Waals surface area (Å²) in [5.41, 5.74) is 4.99. The van der Waals surface area contributed by atoms with Crippen molar-refractivity contribution in [1.29, 1.82) is 5.26 Å². The molecule has 8 heteroatoms. The van der Waals surface area contributed by atoms with Crippen LogP contribution in [0.15, 0.2) is 77.8 Å². The van der Waals surface area contributed by atoms with Crippen molar-refractivity contribution in [3.63, 3.8) is 0 Å². The fraction of sp³-hybridized carbons (Fsp3) is 0.0741. The standard InChI is InChI=1S/C27H18Cl3N3OS/c1-16-6-8-17(9-7-16)25-13-20(19-4-2-3-5-22(19)28)21(14-31)27(33-25)35-15-26(34)32-18-10-11-23(29)24(30)12-18/h2-13H,15H2,1H3,(H,32,34). The molecule has 0 aliphatic carbocycles. The maximum atomic E-state index is 12.6. The van der Waals surface area contributed by atoms with Crippen molar-refractivity contribution in [3.05, 3.63) is 99.0 Å². The van der Waals surface area contributed by atoms with Gasteiger partial charge < -0.3 is 5.32 Å². The first kappa shape index (κ1) is 25.1. The highest BCUT2D eigenvalue weighted by molar-refractivity contribution is 8.00. The molecule has 0 saturated carbocycles. The van der Waals surface area contributed by atoms with E-state index in [9.17, 15) is 10.1 Å². The van der Waals surface area contributed by atoms with Gasteiger partial charge in [0, 0.05) is 27.4 Å². The van der Waals surface area contributed by atoms with Crippen molar-refractivity contribution in [2.24, 2.45) is 0 Å². The maximum absolute atomic E-state index is 12.6. The number of aromatic nitrogens is 1. The number of carbonyl (C=O) groups excluding carboxylic acids is 1. The van der Waals surface area contributed by atoms with E-state index in [1.54, 1.807) is 24.3 Å². The number of amides is 1. The highest BCUT2D eigenvalue weighted by Gasteiger charge is 2.18. The van der Waals surface area contributed by atoms with E-state index < -0.39 is 0 Å². The summed E-state index contributed by atoms with van der Waals surface area (Å²) in [6.45, 7) is 2.01. The van der Waals surface area contributed by atoms with Crippen LogP contribution in [-0.4, -0.2) is 16.6 Å². The molecule has 1 heterocycles. The van der Waals surface area contributed by atoms with Crippen LogP contribution in [0.1, 0.15) is 11.1 Å². The average Bonchev–Trinajstić information content (AvgIpc) is 2.85. The molecule has 4 nitrogen and oxygen atoms in total. The molecule has 0 aliphatic rings. The minimum absolute atomic E-state index is 0.0429. The van der Waals surface area contributed by atoms with E-state index in [1.165, 1.54) is 11.8 Å². The summed E-state index contributed by atoms with van der Waals surface area (Å²) in [5, 5.41) is 14.6.